The number of aliphatic hydroxyl groups excluding tert-OH is 1. The number of likely N-dealkylation sites (tertiary alicyclic amines) is 1. The van der Waals surface area contributed by atoms with E-state index in [1.54, 1.807) is 28.9 Å². The van der Waals surface area contributed by atoms with E-state index in [2.05, 4.69) is 12.2 Å². The van der Waals surface area contributed by atoms with E-state index < -0.39 is 41.7 Å². The number of ether oxygens (including phenoxy) is 2. The fraction of sp³-hybridized carbons (Fsp3) is 0.714. The number of carbonyl (C=O) groups excluding carboxylic acids is 4. The van der Waals surface area contributed by atoms with E-state index in [4.69, 9.17) is 9.47 Å². The molecule has 10 nitrogen and oxygen atoms in total. The van der Waals surface area contributed by atoms with Crippen LogP contribution < -0.4 is 5.32 Å². The van der Waals surface area contributed by atoms with E-state index in [0.717, 1.165) is 19.3 Å². The van der Waals surface area contributed by atoms with Gasteiger partial charge >= 0.3 is 5.97 Å². The molecule has 0 radical (unpaired) electrons. The largest absolute Gasteiger partial charge is 0.460 e. The Labute approximate surface area is 224 Å². The Morgan fingerprint density at radius 3 is 2.66 bits per heavy atom. The first-order valence-electron chi connectivity index (χ1n) is 14.0. The van der Waals surface area contributed by atoms with Crippen LogP contribution in [0.2, 0.25) is 0 Å². The minimum atomic E-state index is -1.29. The molecule has 1 spiro atoms. The normalized spacial score (nSPS) is 34.4. The number of allylic oxidation sites excluding steroid dienone is 1. The molecule has 10 heteroatoms. The first kappa shape index (κ1) is 28.3. The van der Waals surface area contributed by atoms with Crippen LogP contribution in [-0.4, -0.2) is 95.2 Å². The molecule has 3 amide bonds. The van der Waals surface area contributed by atoms with Gasteiger partial charge in [-0.15, -0.1) is 0 Å². The zero-order chi connectivity index (χ0) is 27.3. The van der Waals surface area contributed by atoms with E-state index in [-0.39, 0.29) is 37.3 Å². The van der Waals surface area contributed by atoms with Crippen LogP contribution in [0.25, 0.3) is 0 Å². The van der Waals surface area contributed by atoms with Gasteiger partial charge in [-0.3, -0.25) is 19.2 Å². The van der Waals surface area contributed by atoms with Crippen molar-refractivity contribution in [2.24, 2.45) is 11.8 Å². The number of fused-ring (bicyclic) bond motifs is 2. The van der Waals surface area contributed by atoms with E-state index in [9.17, 15) is 24.3 Å². The number of unbranched alkanes of at least 4 members (excludes halogenated alkanes) is 3. The van der Waals surface area contributed by atoms with Gasteiger partial charge in [0.15, 0.2) is 0 Å². The van der Waals surface area contributed by atoms with Crippen LogP contribution in [0, 0.1) is 11.8 Å². The molecule has 0 unspecified atom stereocenters. The molecule has 4 heterocycles. The molecule has 2 saturated heterocycles. The fourth-order valence-corrected chi connectivity index (χ4v) is 6.07. The van der Waals surface area contributed by atoms with Gasteiger partial charge in [-0.25, -0.2) is 0 Å². The lowest BCUT2D eigenvalue weighted by atomic mass is 9.78. The van der Waals surface area contributed by atoms with E-state index in [0.29, 0.717) is 38.9 Å². The lowest BCUT2D eigenvalue weighted by Gasteiger charge is -2.35. The molecular weight excluding hydrogens is 490 g/mol. The van der Waals surface area contributed by atoms with Crippen molar-refractivity contribution in [1.82, 2.24) is 15.1 Å². The number of cyclic esters (lactones) is 1. The summed E-state index contributed by atoms with van der Waals surface area (Å²) in [5.41, 5.74) is -1.29. The third kappa shape index (κ3) is 5.52. The second-order valence-corrected chi connectivity index (χ2v) is 10.7. The third-order valence-corrected chi connectivity index (χ3v) is 7.96. The van der Waals surface area contributed by atoms with Gasteiger partial charge in [-0.1, -0.05) is 37.6 Å². The zero-order valence-corrected chi connectivity index (χ0v) is 22.5. The maximum Gasteiger partial charge on any atom is 0.313 e. The minimum absolute atomic E-state index is 0.0695. The van der Waals surface area contributed by atoms with E-state index >= 15 is 0 Å². The molecule has 0 aromatic rings. The van der Waals surface area contributed by atoms with Crippen molar-refractivity contribution >= 4 is 23.7 Å². The maximum absolute atomic E-state index is 14.1. The zero-order valence-electron chi connectivity index (χ0n) is 22.5. The highest BCUT2D eigenvalue weighted by Gasteiger charge is 2.71. The Morgan fingerprint density at radius 1 is 1.08 bits per heavy atom. The van der Waals surface area contributed by atoms with Crippen LogP contribution in [0.1, 0.15) is 58.8 Å². The lowest BCUT2D eigenvalue weighted by molar-refractivity contribution is -0.158. The molecule has 6 atom stereocenters. The Kier molecular flexibility index (Phi) is 9.25. The molecule has 4 rings (SSSR count). The SMILES string of the molecule is CCCCN1CC=C[C@]23O[C@@H]4/C=C\CCC(=O)NC[C@@H](C)OC(=O)[C@@H]4[C@H]2C(=O)N(CCCCCO)[C@@H]3C1=O. The number of rotatable bonds is 8. The monoisotopic (exact) mass is 531 g/mol. The van der Waals surface area contributed by atoms with Crippen LogP contribution in [0.15, 0.2) is 24.3 Å². The van der Waals surface area contributed by atoms with Gasteiger partial charge in [-0.05, 0) is 39.0 Å². The van der Waals surface area contributed by atoms with Crippen molar-refractivity contribution in [3.63, 3.8) is 0 Å². The Bertz CT molecular complexity index is 966. The summed E-state index contributed by atoms with van der Waals surface area (Å²) in [6, 6.07) is -0.880. The molecule has 0 aromatic carbocycles. The van der Waals surface area contributed by atoms with Crippen molar-refractivity contribution in [2.75, 3.05) is 32.8 Å². The van der Waals surface area contributed by atoms with Crippen molar-refractivity contribution < 1.29 is 33.8 Å². The van der Waals surface area contributed by atoms with Crippen molar-refractivity contribution in [2.45, 2.75) is 82.6 Å². The van der Waals surface area contributed by atoms with E-state index in [1.807, 2.05) is 12.2 Å². The number of aliphatic hydroxyl groups is 1. The number of carbonyl (C=O) groups is 4. The molecule has 4 aliphatic rings. The van der Waals surface area contributed by atoms with Gasteiger partial charge in [0.25, 0.3) is 0 Å². The number of hydrogen-bond donors (Lipinski definition) is 2. The highest BCUT2D eigenvalue weighted by molar-refractivity contribution is 5.99. The predicted molar refractivity (Wildman–Crippen MR) is 139 cm³/mol. The van der Waals surface area contributed by atoms with Crippen LogP contribution in [0.3, 0.4) is 0 Å². The highest BCUT2D eigenvalue weighted by Crippen LogP contribution is 2.53. The van der Waals surface area contributed by atoms with Crippen molar-refractivity contribution in [3.05, 3.63) is 24.3 Å². The van der Waals surface area contributed by atoms with Gasteiger partial charge in [0.2, 0.25) is 17.7 Å². The smallest absolute Gasteiger partial charge is 0.313 e. The molecule has 0 aromatic heterocycles. The topological polar surface area (TPSA) is 125 Å². The molecular formula is C28H41N3O7. The predicted octanol–water partition coefficient (Wildman–Crippen LogP) is 1.33. The van der Waals surface area contributed by atoms with Crippen LogP contribution in [-0.2, 0) is 28.7 Å². The van der Waals surface area contributed by atoms with Gasteiger partial charge in [-0.2, -0.15) is 0 Å². The van der Waals surface area contributed by atoms with Gasteiger partial charge in [0.05, 0.1) is 18.6 Å². The average molecular weight is 532 g/mol. The number of hydrogen-bond acceptors (Lipinski definition) is 7. The Balaban J connectivity index is 1.72. The summed E-state index contributed by atoms with van der Waals surface area (Å²) in [7, 11) is 0. The van der Waals surface area contributed by atoms with Crippen LogP contribution in [0.5, 0.6) is 0 Å². The summed E-state index contributed by atoms with van der Waals surface area (Å²) >= 11 is 0. The van der Waals surface area contributed by atoms with Gasteiger partial charge in [0, 0.05) is 32.7 Å². The van der Waals surface area contributed by atoms with Crippen LogP contribution >= 0.6 is 0 Å². The third-order valence-electron chi connectivity index (χ3n) is 7.96. The maximum atomic E-state index is 14.1. The van der Waals surface area contributed by atoms with Gasteiger partial charge in [0.1, 0.15) is 23.7 Å². The molecule has 4 aliphatic heterocycles. The molecule has 0 saturated carbocycles. The number of nitrogens with one attached hydrogen (secondary N) is 1. The second kappa shape index (κ2) is 12.4. The first-order chi connectivity index (χ1) is 18.3. The Hall–Kier alpha value is -2.72. The van der Waals surface area contributed by atoms with Crippen molar-refractivity contribution in [1.29, 1.82) is 0 Å². The molecule has 2 fully saturated rings. The molecule has 2 N–H and O–H groups in total. The summed E-state index contributed by atoms with van der Waals surface area (Å²) in [5, 5.41) is 12.0. The second-order valence-electron chi connectivity index (χ2n) is 10.7. The summed E-state index contributed by atoms with van der Waals surface area (Å²) in [4.78, 5) is 57.1. The first-order valence-corrected chi connectivity index (χ1v) is 14.0. The lowest BCUT2D eigenvalue weighted by Crippen LogP contribution is -2.55. The Morgan fingerprint density at radius 2 is 1.89 bits per heavy atom. The van der Waals surface area contributed by atoms with Crippen LogP contribution in [0.4, 0.5) is 0 Å². The van der Waals surface area contributed by atoms with Gasteiger partial charge < -0.3 is 29.7 Å². The quantitative estimate of drug-likeness (QED) is 0.275. The molecule has 210 valence electrons. The minimum Gasteiger partial charge on any atom is -0.460 e. The van der Waals surface area contributed by atoms with Crippen molar-refractivity contribution in [3.8, 4) is 0 Å². The fourth-order valence-electron chi connectivity index (χ4n) is 6.07. The number of amides is 3. The molecule has 0 bridgehead atoms. The average Bonchev–Trinajstić information content (AvgIpc) is 3.27. The summed E-state index contributed by atoms with van der Waals surface area (Å²) in [6.45, 7) is 5.36. The standard InChI is InChI=1S/C28H41N3O7/c1-3-4-14-30-15-10-13-28-23(25(34)31(24(28)26(30)35)16-8-5-9-17-32)22-20(38-28)11-6-7-12-21(33)29-18-19(2)37-27(22)36/h6,10-11,13,19-20,22-24,32H,3-5,7-9,12,14-18H2,1-2H3,(H,29,33)/b11-6-/t19-,20-,22+,23+,24-,28+/m1/s1. The number of esters is 1. The summed E-state index contributed by atoms with van der Waals surface area (Å²) in [6.07, 6.45) is 10.4. The molecule has 38 heavy (non-hydrogen) atoms. The van der Waals surface area contributed by atoms with E-state index in [1.165, 1.54) is 0 Å². The summed E-state index contributed by atoms with van der Waals surface area (Å²) < 4.78 is 12.3. The number of nitrogens with zero attached hydrogens (tertiary/aromatic N) is 2. The molecule has 0 aliphatic carbocycles. The summed E-state index contributed by atoms with van der Waals surface area (Å²) in [5.74, 6) is -2.95. The highest BCUT2D eigenvalue weighted by atomic mass is 16.6.